The minimum Gasteiger partial charge on any atom is -0.382 e. The van der Waals surface area contributed by atoms with Gasteiger partial charge in [0.05, 0.1) is 11.4 Å². The minimum atomic E-state index is -0.943. The average molecular weight is 383 g/mol. The zero-order valence-corrected chi connectivity index (χ0v) is 15.8. The van der Waals surface area contributed by atoms with Gasteiger partial charge in [0.15, 0.2) is 0 Å². The first-order chi connectivity index (χ1) is 13.2. The van der Waals surface area contributed by atoms with Crippen molar-refractivity contribution in [3.8, 4) is 0 Å². The third-order valence-electron chi connectivity index (χ3n) is 4.93. The Morgan fingerprint density at radius 1 is 1.04 bits per heavy atom. The lowest BCUT2D eigenvalue weighted by molar-refractivity contribution is 0.213. The van der Waals surface area contributed by atoms with E-state index in [0.29, 0.717) is 16.9 Å². The highest BCUT2D eigenvalue weighted by Gasteiger charge is 2.25. The van der Waals surface area contributed by atoms with Gasteiger partial charge in [0.2, 0.25) is 0 Å². The van der Waals surface area contributed by atoms with Gasteiger partial charge in [-0.25, -0.2) is 4.39 Å². The fraction of sp³-hybridized carbons (Fsp3) is 0.286. The van der Waals surface area contributed by atoms with Gasteiger partial charge in [0.1, 0.15) is 11.9 Å². The number of hydrogen-bond donors (Lipinski definition) is 1. The maximum Gasteiger partial charge on any atom is 0.146 e. The van der Waals surface area contributed by atoms with Crippen LogP contribution >= 0.6 is 11.3 Å². The maximum absolute atomic E-state index is 14.7. The summed E-state index contributed by atoms with van der Waals surface area (Å²) in [5.74, 6) is -0.297. The zero-order valence-electron chi connectivity index (χ0n) is 15.0. The highest BCUT2D eigenvalue weighted by atomic mass is 32.1. The fourth-order valence-electron chi connectivity index (χ4n) is 3.54. The monoisotopic (exact) mass is 383 g/mol. The number of anilines is 1. The second-order valence-electron chi connectivity index (χ2n) is 6.68. The summed E-state index contributed by atoms with van der Waals surface area (Å²) in [7, 11) is 0. The number of thiophene rings is 1. The smallest absolute Gasteiger partial charge is 0.146 e. The van der Waals surface area contributed by atoms with Crippen LogP contribution in [-0.2, 0) is 6.54 Å². The van der Waals surface area contributed by atoms with Gasteiger partial charge in [-0.05, 0) is 29.6 Å². The molecule has 0 spiro atoms. The summed E-state index contributed by atoms with van der Waals surface area (Å²) in [5.41, 5.74) is 1.59. The van der Waals surface area contributed by atoms with Gasteiger partial charge in [0.25, 0.3) is 0 Å². The Balaban J connectivity index is 1.52. The van der Waals surface area contributed by atoms with E-state index >= 15 is 0 Å². The van der Waals surface area contributed by atoms with E-state index in [9.17, 15) is 9.50 Å². The molecule has 0 amide bonds. The molecule has 1 aromatic carbocycles. The molecule has 0 aliphatic carbocycles. The van der Waals surface area contributed by atoms with Crippen molar-refractivity contribution < 1.29 is 9.50 Å². The second-order valence-corrected chi connectivity index (χ2v) is 7.71. The van der Waals surface area contributed by atoms with Gasteiger partial charge >= 0.3 is 0 Å². The van der Waals surface area contributed by atoms with Gasteiger partial charge in [-0.3, -0.25) is 9.88 Å². The largest absolute Gasteiger partial charge is 0.382 e. The summed E-state index contributed by atoms with van der Waals surface area (Å²) < 4.78 is 14.7. The Bertz CT molecular complexity index is 864. The van der Waals surface area contributed by atoms with E-state index in [2.05, 4.69) is 27.4 Å². The molecule has 4 rings (SSSR count). The molecule has 140 valence electrons. The minimum absolute atomic E-state index is 0.297. The molecule has 1 saturated heterocycles. The van der Waals surface area contributed by atoms with Gasteiger partial charge in [-0.2, -0.15) is 0 Å². The Morgan fingerprint density at radius 2 is 1.89 bits per heavy atom. The summed E-state index contributed by atoms with van der Waals surface area (Å²) in [4.78, 5) is 10.0. The van der Waals surface area contributed by atoms with Crippen LogP contribution in [0.2, 0.25) is 0 Å². The molecule has 0 saturated carbocycles. The normalized spacial score (nSPS) is 16.4. The molecule has 0 radical (unpaired) electrons. The summed E-state index contributed by atoms with van der Waals surface area (Å²) in [6.07, 6.45) is 0.696. The predicted octanol–water partition coefficient (Wildman–Crippen LogP) is 3.69. The number of aromatic nitrogens is 1. The average Bonchev–Trinajstić information content (AvgIpc) is 3.22. The van der Waals surface area contributed by atoms with Gasteiger partial charge in [-0.15, -0.1) is 11.3 Å². The van der Waals surface area contributed by atoms with Crippen LogP contribution in [0.25, 0.3) is 0 Å². The highest BCUT2D eigenvalue weighted by Crippen LogP contribution is 2.33. The van der Waals surface area contributed by atoms with Crippen LogP contribution in [-0.4, -0.2) is 41.2 Å². The van der Waals surface area contributed by atoms with E-state index in [1.165, 1.54) is 10.9 Å². The van der Waals surface area contributed by atoms with E-state index in [0.717, 1.165) is 32.7 Å². The fourth-order valence-corrected chi connectivity index (χ4v) is 4.28. The molecule has 0 bridgehead atoms. The van der Waals surface area contributed by atoms with Crippen LogP contribution in [0.4, 0.5) is 10.1 Å². The molecule has 1 N–H and O–H groups in total. The number of hydrogen-bond acceptors (Lipinski definition) is 5. The number of aliphatic hydroxyl groups excluding tert-OH is 1. The molecule has 1 aliphatic heterocycles. The lowest BCUT2D eigenvalue weighted by atomic mass is 10.0. The van der Waals surface area contributed by atoms with Crippen LogP contribution < -0.4 is 4.90 Å². The van der Waals surface area contributed by atoms with Crippen LogP contribution in [0.1, 0.15) is 22.2 Å². The van der Waals surface area contributed by atoms with Crippen molar-refractivity contribution in [3.05, 3.63) is 82.1 Å². The highest BCUT2D eigenvalue weighted by molar-refractivity contribution is 7.09. The molecule has 1 fully saturated rings. The molecule has 4 nitrogen and oxygen atoms in total. The molecule has 3 heterocycles. The van der Waals surface area contributed by atoms with Crippen molar-refractivity contribution in [2.45, 2.75) is 12.6 Å². The van der Waals surface area contributed by atoms with Gasteiger partial charge in [-0.1, -0.05) is 24.3 Å². The SMILES string of the molecule is O[C@@H](c1ccccn1)c1cccc(F)c1N1CCN(Cc2cccs2)CC1. The molecular weight excluding hydrogens is 361 g/mol. The number of piperazine rings is 1. The maximum atomic E-state index is 14.7. The van der Waals surface area contributed by atoms with E-state index in [1.807, 2.05) is 11.0 Å². The van der Waals surface area contributed by atoms with Crippen molar-refractivity contribution >= 4 is 17.0 Å². The molecule has 1 aliphatic rings. The van der Waals surface area contributed by atoms with Crippen molar-refractivity contribution in [2.75, 3.05) is 31.1 Å². The van der Waals surface area contributed by atoms with E-state index in [-0.39, 0.29) is 5.82 Å². The molecule has 1 atom stereocenters. The van der Waals surface area contributed by atoms with E-state index < -0.39 is 6.10 Å². The number of para-hydroxylation sites is 1. The van der Waals surface area contributed by atoms with Crippen LogP contribution in [0.3, 0.4) is 0 Å². The molecule has 0 unspecified atom stereocenters. The Labute approximate surface area is 162 Å². The van der Waals surface area contributed by atoms with Crippen molar-refractivity contribution in [2.24, 2.45) is 0 Å². The number of rotatable bonds is 5. The van der Waals surface area contributed by atoms with Gasteiger partial charge in [0, 0.05) is 49.4 Å². The molecular formula is C21H22FN3OS. The lowest BCUT2D eigenvalue weighted by Gasteiger charge is -2.37. The number of nitrogens with zero attached hydrogens (tertiary/aromatic N) is 3. The quantitative estimate of drug-likeness (QED) is 0.730. The van der Waals surface area contributed by atoms with Gasteiger partial charge < -0.3 is 10.0 Å². The summed E-state index contributed by atoms with van der Waals surface area (Å²) >= 11 is 1.76. The first-order valence-corrected chi connectivity index (χ1v) is 9.97. The zero-order chi connectivity index (χ0) is 18.6. The van der Waals surface area contributed by atoms with Crippen molar-refractivity contribution in [3.63, 3.8) is 0 Å². The summed E-state index contributed by atoms with van der Waals surface area (Å²) in [6, 6.07) is 14.5. The Morgan fingerprint density at radius 3 is 2.59 bits per heavy atom. The van der Waals surface area contributed by atoms with Crippen molar-refractivity contribution in [1.82, 2.24) is 9.88 Å². The lowest BCUT2D eigenvalue weighted by Crippen LogP contribution is -2.46. The van der Waals surface area contributed by atoms with Crippen LogP contribution in [0.15, 0.2) is 60.1 Å². The number of halogens is 1. The van der Waals surface area contributed by atoms with Crippen LogP contribution in [0, 0.1) is 5.82 Å². The number of aliphatic hydroxyl groups is 1. The second kappa shape index (κ2) is 8.17. The Kier molecular flexibility index (Phi) is 5.48. The van der Waals surface area contributed by atoms with E-state index in [1.54, 1.807) is 41.8 Å². The third-order valence-corrected chi connectivity index (χ3v) is 5.79. The number of pyridine rings is 1. The first-order valence-electron chi connectivity index (χ1n) is 9.09. The standard InChI is InChI=1S/C21H22FN3OS/c22-18-7-3-6-17(21(26)19-8-1-2-9-23-19)20(18)25-12-10-24(11-13-25)15-16-5-4-14-27-16/h1-9,14,21,26H,10-13,15H2/t21-/m1/s1. The topological polar surface area (TPSA) is 39.6 Å². The van der Waals surface area contributed by atoms with E-state index in [4.69, 9.17) is 0 Å². The molecule has 27 heavy (non-hydrogen) atoms. The summed E-state index contributed by atoms with van der Waals surface area (Å²) in [6.45, 7) is 4.13. The molecule has 6 heteroatoms. The van der Waals surface area contributed by atoms with Crippen LogP contribution in [0.5, 0.6) is 0 Å². The third kappa shape index (κ3) is 4.03. The summed E-state index contributed by atoms with van der Waals surface area (Å²) in [5, 5.41) is 12.9. The Hall–Kier alpha value is -2.28. The number of benzene rings is 1. The van der Waals surface area contributed by atoms with Crippen molar-refractivity contribution in [1.29, 1.82) is 0 Å². The molecule has 2 aromatic heterocycles. The predicted molar refractivity (Wildman–Crippen MR) is 107 cm³/mol. The first kappa shape index (κ1) is 18.1. The molecule has 3 aromatic rings.